The summed E-state index contributed by atoms with van der Waals surface area (Å²) in [5, 5.41) is 12.5. The number of Topliss-reactive ketones (excluding diaryl/α,β-unsaturated/α-hetero) is 1. The average Bonchev–Trinajstić information content (AvgIpc) is 3.31. The molecule has 0 aromatic heterocycles. The lowest BCUT2D eigenvalue weighted by atomic mass is 9.89. The van der Waals surface area contributed by atoms with E-state index in [-0.39, 0.29) is 18.8 Å². The molecule has 1 N–H and O–H groups in total. The number of ether oxygens (including phenoxy) is 1. The minimum atomic E-state index is -0.717. The van der Waals surface area contributed by atoms with Crippen LogP contribution in [0.5, 0.6) is 0 Å². The van der Waals surface area contributed by atoms with Gasteiger partial charge in [0.2, 0.25) is 0 Å². The number of hydrogen-bond donors (Lipinski definition) is 1. The number of benzene rings is 2. The molecule has 6 heteroatoms. The zero-order valence-electron chi connectivity index (χ0n) is 20.1. The molecule has 3 rings (SSSR count). The summed E-state index contributed by atoms with van der Waals surface area (Å²) in [7, 11) is 1.94. The van der Waals surface area contributed by atoms with Crippen molar-refractivity contribution in [2.75, 3.05) is 30.4 Å². The number of nitrogens with zero attached hydrogens (tertiary/aromatic N) is 2. The van der Waals surface area contributed by atoms with Crippen molar-refractivity contribution in [2.24, 2.45) is 0 Å². The number of carbonyl (C=O) groups is 2. The van der Waals surface area contributed by atoms with Gasteiger partial charge in [0.05, 0.1) is 30.3 Å². The Bertz CT molecular complexity index is 1150. The number of esters is 1. The highest BCUT2D eigenvalue weighted by atomic mass is 16.5. The van der Waals surface area contributed by atoms with Gasteiger partial charge in [-0.1, -0.05) is 30.7 Å². The second-order valence-corrected chi connectivity index (χ2v) is 8.67. The fraction of sp³-hybridized carbons (Fsp3) is 0.393. The quantitative estimate of drug-likeness (QED) is 0.354. The molecule has 0 aliphatic heterocycles. The molecule has 0 radical (unpaired) electrons. The van der Waals surface area contributed by atoms with E-state index in [4.69, 9.17) is 10.00 Å². The molecule has 1 fully saturated rings. The summed E-state index contributed by atoms with van der Waals surface area (Å²) in [4.78, 5) is 26.9. The molecule has 2 aromatic rings. The number of anilines is 2. The lowest BCUT2D eigenvalue weighted by Gasteiger charge is -2.30. The summed E-state index contributed by atoms with van der Waals surface area (Å²) in [5.74, 6) is 5.81. The number of rotatable bonds is 8. The van der Waals surface area contributed by atoms with Crippen LogP contribution in [0, 0.1) is 30.1 Å². The van der Waals surface area contributed by atoms with Crippen molar-refractivity contribution in [1.29, 1.82) is 5.26 Å². The number of nitriles is 1. The first-order chi connectivity index (χ1) is 16.4. The number of aryl methyl sites for hydroxylation is 1. The van der Waals surface area contributed by atoms with Crippen molar-refractivity contribution in [1.82, 2.24) is 0 Å². The van der Waals surface area contributed by atoms with E-state index in [0.29, 0.717) is 24.9 Å². The topological polar surface area (TPSA) is 82.4 Å². The Morgan fingerprint density at radius 1 is 1.15 bits per heavy atom. The zero-order chi connectivity index (χ0) is 24.6. The van der Waals surface area contributed by atoms with Gasteiger partial charge in [0.15, 0.2) is 5.78 Å². The van der Waals surface area contributed by atoms with Crippen LogP contribution in [0.1, 0.15) is 55.7 Å². The lowest BCUT2D eigenvalue weighted by molar-refractivity contribution is -0.146. The van der Waals surface area contributed by atoms with Crippen molar-refractivity contribution in [3.05, 3.63) is 59.2 Å². The first-order valence-corrected chi connectivity index (χ1v) is 11.6. The predicted octanol–water partition coefficient (Wildman–Crippen LogP) is 4.60. The Labute approximate surface area is 201 Å². The predicted molar refractivity (Wildman–Crippen MR) is 134 cm³/mol. The minimum absolute atomic E-state index is 0.102. The van der Waals surface area contributed by atoms with E-state index in [9.17, 15) is 9.59 Å². The third-order valence-electron chi connectivity index (χ3n) is 6.17. The summed E-state index contributed by atoms with van der Waals surface area (Å²) < 4.78 is 4.98. The van der Waals surface area contributed by atoms with Gasteiger partial charge in [0, 0.05) is 24.0 Å². The first kappa shape index (κ1) is 24.9. The summed E-state index contributed by atoms with van der Waals surface area (Å²) in [5.41, 5.74) is 3.62. The van der Waals surface area contributed by atoms with Crippen molar-refractivity contribution >= 4 is 23.1 Å². The summed E-state index contributed by atoms with van der Waals surface area (Å²) in [6, 6.07) is 15.5. The zero-order valence-corrected chi connectivity index (χ0v) is 20.1. The number of nitrogens with one attached hydrogen (secondary N) is 1. The van der Waals surface area contributed by atoms with Gasteiger partial charge in [0.1, 0.15) is 6.42 Å². The molecule has 6 nitrogen and oxygen atoms in total. The SMILES string of the molecule is CCOC(=O)CC(=O)C1(Nc2ccc(C#CCN(C)c3cccc(C#N)c3)cc2C)CCCC1. The molecule has 0 unspecified atom stereocenters. The van der Waals surface area contributed by atoms with Gasteiger partial charge in [-0.25, -0.2) is 0 Å². The molecular formula is C28H31N3O3. The molecular weight excluding hydrogens is 426 g/mol. The van der Waals surface area contributed by atoms with Gasteiger partial charge < -0.3 is 15.0 Å². The molecule has 34 heavy (non-hydrogen) atoms. The van der Waals surface area contributed by atoms with Gasteiger partial charge in [0.25, 0.3) is 0 Å². The highest BCUT2D eigenvalue weighted by Crippen LogP contribution is 2.36. The monoisotopic (exact) mass is 457 g/mol. The van der Waals surface area contributed by atoms with Crippen LogP contribution in [0.4, 0.5) is 11.4 Å². The highest BCUT2D eigenvalue weighted by molar-refractivity contribution is 6.02. The van der Waals surface area contributed by atoms with Gasteiger partial charge in [-0.2, -0.15) is 5.26 Å². The van der Waals surface area contributed by atoms with E-state index in [1.165, 1.54) is 0 Å². The van der Waals surface area contributed by atoms with Gasteiger partial charge in [-0.3, -0.25) is 9.59 Å². The van der Waals surface area contributed by atoms with Crippen LogP contribution in [0.3, 0.4) is 0 Å². The molecule has 1 aliphatic rings. The van der Waals surface area contributed by atoms with E-state index in [1.54, 1.807) is 13.0 Å². The second kappa shape index (κ2) is 11.4. The largest absolute Gasteiger partial charge is 0.466 e. The standard InChI is InChI=1S/C28H31N3O3/c1-4-34-27(33)19-26(32)28(14-5-6-15-28)30-25-13-12-22(17-21(25)2)10-8-16-31(3)24-11-7-9-23(18-24)20-29/h7,9,11-13,17-18,30H,4-6,14-16,19H2,1-3H3. The molecule has 0 saturated heterocycles. The van der Waals surface area contributed by atoms with Crippen LogP contribution in [0.25, 0.3) is 0 Å². The fourth-order valence-corrected chi connectivity index (χ4v) is 4.27. The van der Waals surface area contributed by atoms with Crippen LogP contribution in [-0.2, 0) is 14.3 Å². The molecule has 2 aromatic carbocycles. The maximum absolute atomic E-state index is 13.0. The number of carbonyl (C=O) groups excluding carboxylic acids is 2. The first-order valence-electron chi connectivity index (χ1n) is 11.6. The van der Waals surface area contributed by atoms with Crippen molar-refractivity contribution < 1.29 is 14.3 Å². The third kappa shape index (κ3) is 6.17. The Hall–Kier alpha value is -3.77. The number of hydrogen-bond acceptors (Lipinski definition) is 6. The molecule has 176 valence electrons. The van der Waals surface area contributed by atoms with Crippen LogP contribution in [-0.4, -0.2) is 37.5 Å². The smallest absolute Gasteiger partial charge is 0.313 e. The van der Waals surface area contributed by atoms with Crippen LogP contribution < -0.4 is 10.2 Å². The minimum Gasteiger partial charge on any atom is -0.466 e. The fourth-order valence-electron chi connectivity index (χ4n) is 4.27. The Balaban J connectivity index is 1.68. The molecule has 0 atom stereocenters. The van der Waals surface area contributed by atoms with Crippen LogP contribution in [0.15, 0.2) is 42.5 Å². The van der Waals surface area contributed by atoms with Crippen molar-refractivity contribution in [2.45, 2.75) is 51.5 Å². The van der Waals surface area contributed by atoms with E-state index in [1.807, 2.05) is 55.3 Å². The maximum atomic E-state index is 13.0. The van der Waals surface area contributed by atoms with E-state index < -0.39 is 11.5 Å². The molecule has 0 heterocycles. The lowest BCUT2D eigenvalue weighted by Crippen LogP contribution is -2.45. The Morgan fingerprint density at radius 2 is 1.91 bits per heavy atom. The molecule has 1 saturated carbocycles. The van der Waals surface area contributed by atoms with Gasteiger partial charge in [-0.15, -0.1) is 0 Å². The summed E-state index contributed by atoms with van der Waals surface area (Å²) in [6.07, 6.45) is 3.13. The van der Waals surface area contributed by atoms with Gasteiger partial charge in [-0.05, 0) is 68.7 Å². The molecule has 0 spiro atoms. The van der Waals surface area contributed by atoms with E-state index >= 15 is 0 Å². The van der Waals surface area contributed by atoms with Crippen molar-refractivity contribution in [3.63, 3.8) is 0 Å². The Morgan fingerprint density at radius 3 is 2.59 bits per heavy atom. The van der Waals surface area contributed by atoms with Gasteiger partial charge >= 0.3 is 5.97 Å². The third-order valence-corrected chi connectivity index (χ3v) is 6.17. The molecule has 0 bridgehead atoms. The van der Waals surface area contributed by atoms with Crippen LogP contribution in [0.2, 0.25) is 0 Å². The van der Waals surface area contributed by atoms with Crippen molar-refractivity contribution in [3.8, 4) is 17.9 Å². The molecule has 1 aliphatic carbocycles. The Kier molecular flexibility index (Phi) is 8.33. The van der Waals surface area contributed by atoms with E-state index in [2.05, 4.69) is 23.2 Å². The summed E-state index contributed by atoms with van der Waals surface area (Å²) >= 11 is 0. The van der Waals surface area contributed by atoms with Crippen LogP contribution >= 0.6 is 0 Å². The number of ketones is 1. The average molecular weight is 458 g/mol. The molecule has 0 amide bonds. The highest BCUT2D eigenvalue weighted by Gasteiger charge is 2.41. The summed E-state index contributed by atoms with van der Waals surface area (Å²) in [6.45, 7) is 4.53. The second-order valence-electron chi connectivity index (χ2n) is 8.67. The van der Waals surface area contributed by atoms with E-state index in [0.717, 1.165) is 35.3 Å². The maximum Gasteiger partial charge on any atom is 0.313 e. The normalized spacial score (nSPS) is 13.8.